The lowest BCUT2D eigenvalue weighted by atomic mass is 9.99. The van der Waals surface area contributed by atoms with Crippen LogP contribution in [-0.4, -0.2) is 28.8 Å². The molecule has 0 radical (unpaired) electrons. The summed E-state index contributed by atoms with van der Waals surface area (Å²) in [6.07, 6.45) is 1.81. The van der Waals surface area contributed by atoms with Gasteiger partial charge in [0, 0.05) is 26.7 Å². The summed E-state index contributed by atoms with van der Waals surface area (Å²) in [7, 11) is 0. The Labute approximate surface area is 190 Å². The Balaban J connectivity index is 1.70. The Morgan fingerprint density at radius 3 is 2.29 bits per heavy atom. The van der Waals surface area contributed by atoms with Gasteiger partial charge in [-0.3, -0.25) is 9.59 Å². The normalized spacial score (nSPS) is 19.3. The number of benzene rings is 3. The molecule has 0 spiro atoms. The number of amides is 2. The van der Waals surface area contributed by atoms with Gasteiger partial charge >= 0.3 is 5.91 Å². The first-order valence-corrected chi connectivity index (χ1v) is 10.5. The molecule has 1 heterocycles. The fourth-order valence-corrected chi connectivity index (χ4v) is 3.81. The van der Waals surface area contributed by atoms with Crippen molar-refractivity contribution >= 4 is 41.2 Å². The van der Waals surface area contributed by atoms with Gasteiger partial charge in [0.1, 0.15) is 0 Å². The third kappa shape index (κ3) is 4.79. The molecule has 1 aliphatic heterocycles. The molecular formula is C24H20Cl2N3O2+. The number of aryl methyl sites for hydroxylation is 1. The molecule has 4 rings (SSSR count). The molecule has 1 aliphatic rings. The highest BCUT2D eigenvalue weighted by Gasteiger charge is 2.47. The van der Waals surface area contributed by atoms with Crippen LogP contribution in [0.3, 0.4) is 0 Å². The van der Waals surface area contributed by atoms with Gasteiger partial charge in [0.25, 0.3) is 5.91 Å². The number of nitrogens with zero attached hydrogens (tertiary/aromatic N) is 1. The maximum atomic E-state index is 12.9. The van der Waals surface area contributed by atoms with E-state index in [4.69, 9.17) is 23.2 Å². The van der Waals surface area contributed by atoms with Gasteiger partial charge in [-0.05, 0) is 55.5 Å². The standard InChI is InChI=1S/C24H19Cl2N3O2/c1-15-3-2-4-18(13-15)23(30)27-21-22(17-7-11-20(26)12-8-17)29(28-24(21)31)14-16-5-9-19(25)10-6-16/h2-14,21-22H,1H3,(H-,27,28,30,31)/p+1/b29-14-/t21-,22+/m0/s1. The molecule has 0 unspecified atom stereocenters. The number of hydrogen-bond acceptors (Lipinski definition) is 2. The third-order valence-corrected chi connectivity index (χ3v) is 5.58. The Morgan fingerprint density at radius 2 is 1.65 bits per heavy atom. The van der Waals surface area contributed by atoms with E-state index in [1.54, 1.807) is 41.1 Å². The topological polar surface area (TPSA) is 61.2 Å². The van der Waals surface area contributed by atoms with Crippen LogP contribution in [0.2, 0.25) is 10.0 Å². The second-order valence-electron chi connectivity index (χ2n) is 7.38. The predicted molar refractivity (Wildman–Crippen MR) is 122 cm³/mol. The van der Waals surface area contributed by atoms with E-state index in [9.17, 15) is 9.59 Å². The Hall–Kier alpha value is -3.15. The van der Waals surface area contributed by atoms with Gasteiger partial charge in [-0.2, -0.15) is 0 Å². The molecule has 1 fully saturated rings. The van der Waals surface area contributed by atoms with Crippen molar-refractivity contribution in [1.29, 1.82) is 0 Å². The molecule has 2 N–H and O–H groups in total. The Morgan fingerprint density at radius 1 is 1.00 bits per heavy atom. The lowest BCUT2D eigenvalue weighted by molar-refractivity contribution is -0.596. The number of carbonyl (C=O) groups is 2. The second-order valence-corrected chi connectivity index (χ2v) is 8.25. The van der Waals surface area contributed by atoms with Crippen LogP contribution in [0.1, 0.15) is 33.1 Å². The largest absolute Gasteiger partial charge is 0.334 e. The number of halogens is 2. The van der Waals surface area contributed by atoms with Gasteiger partial charge < -0.3 is 5.32 Å². The molecule has 0 bridgehead atoms. The van der Waals surface area contributed by atoms with Gasteiger partial charge in [-0.15, -0.1) is 10.1 Å². The number of nitrogens with one attached hydrogen (secondary N) is 2. The van der Waals surface area contributed by atoms with Gasteiger partial charge in [-0.25, -0.2) is 0 Å². The van der Waals surface area contributed by atoms with Crippen molar-refractivity contribution < 1.29 is 14.3 Å². The summed E-state index contributed by atoms with van der Waals surface area (Å²) in [4.78, 5) is 25.8. The molecule has 0 saturated carbocycles. The van der Waals surface area contributed by atoms with Crippen LogP contribution in [0, 0.1) is 6.92 Å². The van der Waals surface area contributed by atoms with E-state index in [2.05, 4.69) is 10.7 Å². The van der Waals surface area contributed by atoms with E-state index < -0.39 is 12.1 Å². The van der Waals surface area contributed by atoms with Crippen LogP contribution in [0.4, 0.5) is 0 Å². The molecule has 3 aromatic carbocycles. The van der Waals surface area contributed by atoms with Crippen LogP contribution in [0.25, 0.3) is 0 Å². The molecule has 1 saturated heterocycles. The molecule has 0 aromatic heterocycles. The van der Waals surface area contributed by atoms with Crippen LogP contribution < -0.4 is 10.7 Å². The lowest BCUT2D eigenvalue weighted by Crippen LogP contribution is -2.42. The van der Waals surface area contributed by atoms with Crippen LogP contribution in [-0.2, 0) is 4.79 Å². The van der Waals surface area contributed by atoms with E-state index in [0.29, 0.717) is 15.6 Å². The van der Waals surface area contributed by atoms with E-state index in [1.165, 1.54) is 0 Å². The maximum Gasteiger partial charge on any atom is 0.304 e. The summed E-state index contributed by atoms with van der Waals surface area (Å²) in [5.74, 6) is -0.609. The number of hydrazine groups is 1. The molecule has 5 nitrogen and oxygen atoms in total. The highest BCUT2D eigenvalue weighted by molar-refractivity contribution is 6.30. The van der Waals surface area contributed by atoms with Crippen LogP contribution in [0.5, 0.6) is 0 Å². The number of hydrogen-bond donors (Lipinski definition) is 2. The van der Waals surface area contributed by atoms with Gasteiger partial charge in [-0.1, -0.05) is 53.0 Å². The molecule has 31 heavy (non-hydrogen) atoms. The van der Waals surface area contributed by atoms with E-state index in [-0.39, 0.29) is 11.8 Å². The summed E-state index contributed by atoms with van der Waals surface area (Å²) >= 11 is 12.0. The predicted octanol–water partition coefficient (Wildman–Crippen LogP) is 4.32. The first-order chi connectivity index (χ1) is 14.9. The van der Waals surface area contributed by atoms with Crippen LogP contribution >= 0.6 is 23.2 Å². The second kappa shape index (κ2) is 8.92. The smallest absolute Gasteiger partial charge is 0.304 e. The SMILES string of the molecule is Cc1cccc(C(=O)N[C@@H]2C(=O)N/[N+](=C\c3ccc(Cl)cc3)[C@@H]2c2ccc(Cl)cc2)c1. The number of hydrazone groups is 1. The van der Waals surface area contributed by atoms with Crippen molar-refractivity contribution in [1.82, 2.24) is 10.7 Å². The van der Waals surface area contributed by atoms with Crippen molar-refractivity contribution in [2.45, 2.75) is 19.0 Å². The first-order valence-electron chi connectivity index (χ1n) is 9.73. The average molecular weight is 453 g/mol. The molecule has 0 aliphatic carbocycles. The molecule has 2 amide bonds. The maximum absolute atomic E-state index is 12.9. The summed E-state index contributed by atoms with van der Waals surface area (Å²) in [5.41, 5.74) is 6.02. The van der Waals surface area contributed by atoms with Gasteiger partial charge in [0.15, 0.2) is 6.04 Å². The fraction of sp³-hybridized carbons (Fsp3) is 0.125. The van der Waals surface area contributed by atoms with E-state index in [1.807, 2.05) is 49.5 Å². The monoisotopic (exact) mass is 452 g/mol. The van der Waals surface area contributed by atoms with E-state index >= 15 is 0 Å². The zero-order valence-electron chi connectivity index (χ0n) is 16.7. The molecule has 156 valence electrons. The zero-order valence-corrected chi connectivity index (χ0v) is 18.2. The lowest BCUT2D eigenvalue weighted by Gasteiger charge is -2.15. The molecule has 3 aromatic rings. The molecular weight excluding hydrogens is 433 g/mol. The summed E-state index contributed by atoms with van der Waals surface area (Å²) < 4.78 is 1.70. The first kappa shape index (κ1) is 21.1. The zero-order chi connectivity index (χ0) is 22.0. The summed E-state index contributed by atoms with van der Waals surface area (Å²) in [6.45, 7) is 1.92. The third-order valence-electron chi connectivity index (χ3n) is 5.07. The molecule has 2 atom stereocenters. The van der Waals surface area contributed by atoms with Crippen molar-refractivity contribution in [2.75, 3.05) is 0 Å². The van der Waals surface area contributed by atoms with Crippen LogP contribution in [0.15, 0.2) is 72.8 Å². The quantitative estimate of drug-likeness (QED) is 0.579. The Bertz CT molecular complexity index is 1160. The minimum atomic E-state index is -0.794. The van der Waals surface area contributed by atoms with Gasteiger partial charge in [0.05, 0.1) is 0 Å². The fourth-order valence-electron chi connectivity index (χ4n) is 3.56. The highest BCUT2D eigenvalue weighted by Crippen LogP contribution is 2.27. The Kier molecular flexibility index (Phi) is 6.07. The minimum Gasteiger partial charge on any atom is -0.334 e. The van der Waals surface area contributed by atoms with E-state index in [0.717, 1.165) is 16.7 Å². The van der Waals surface area contributed by atoms with Crippen molar-refractivity contribution in [2.24, 2.45) is 0 Å². The van der Waals surface area contributed by atoms with Crippen molar-refractivity contribution in [3.63, 3.8) is 0 Å². The van der Waals surface area contributed by atoms with Crippen molar-refractivity contribution in [3.8, 4) is 0 Å². The van der Waals surface area contributed by atoms with Gasteiger partial charge in [0.2, 0.25) is 12.3 Å². The number of rotatable bonds is 4. The highest BCUT2D eigenvalue weighted by atomic mass is 35.5. The average Bonchev–Trinajstić information content (AvgIpc) is 3.05. The molecule has 7 heteroatoms. The summed E-state index contributed by atoms with van der Waals surface area (Å²) in [5, 5.41) is 4.11. The number of carbonyl (C=O) groups excluding carboxylic acids is 2. The van der Waals surface area contributed by atoms with Crippen molar-refractivity contribution in [3.05, 3.63) is 105 Å². The minimum absolute atomic E-state index is 0.300. The summed E-state index contributed by atoms with van der Waals surface area (Å²) in [6, 6.07) is 20.5.